The van der Waals surface area contributed by atoms with Gasteiger partial charge in [-0.25, -0.2) is 0 Å². The molecule has 3 aliphatic heterocycles. The van der Waals surface area contributed by atoms with Crippen molar-refractivity contribution in [3.05, 3.63) is 83.9 Å². The molecule has 0 aromatic heterocycles. The Balaban J connectivity index is 1.34. The molecule has 3 heterocycles. The number of aromatic hydroxyl groups is 1. The monoisotopic (exact) mass is 1080 g/mol. The van der Waals surface area contributed by atoms with Gasteiger partial charge in [0.25, 0.3) is 5.91 Å². The molecule has 0 radical (unpaired) electrons. The molecule has 0 aliphatic carbocycles. The quantitative estimate of drug-likeness (QED) is 0.0852. The molecule has 3 aromatic carbocycles. The number of carbonyl (C=O) groups excluding carboxylic acids is 7. The molecule has 0 spiro atoms. The largest absolute Gasteiger partial charge is 0.508 e. The first-order valence-electron chi connectivity index (χ1n) is 25.6. The number of phenolic OH excluding ortho intramolecular Hbond substituents is 1. The number of fused-ring (bicyclic) bond motifs is 2. The first kappa shape index (κ1) is 59.5. The molecule has 6 rings (SSSR count). The van der Waals surface area contributed by atoms with Crippen molar-refractivity contribution in [3.63, 3.8) is 0 Å². The van der Waals surface area contributed by atoms with Gasteiger partial charge in [0.1, 0.15) is 66.1 Å². The number of nitrogens with one attached hydrogen (secondary N) is 5. The van der Waals surface area contributed by atoms with E-state index in [-0.39, 0.29) is 23.4 Å². The number of amides is 7. The van der Waals surface area contributed by atoms with E-state index in [1.807, 2.05) is 24.3 Å². The number of ether oxygens (including phenoxy) is 1. The summed E-state index contributed by atoms with van der Waals surface area (Å²) in [7, 11) is 0. The maximum atomic E-state index is 14.4. The molecule has 3 saturated heterocycles. The Morgan fingerprint density at radius 2 is 1.22 bits per heavy atom. The van der Waals surface area contributed by atoms with Gasteiger partial charge in [-0.05, 0) is 72.9 Å². The fraction of sp³-hybridized carbons (Fsp3) is 0.528. The van der Waals surface area contributed by atoms with Crippen molar-refractivity contribution in [3.8, 4) is 22.6 Å². The van der Waals surface area contributed by atoms with Crippen LogP contribution in [0.4, 0.5) is 0 Å². The van der Waals surface area contributed by atoms with Gasteiger partial charge in [-0.1, -0.05) is 70.0 Å². The van der Waals surface area contributed by atoms with E-state index in [1.165, 1.54) is 31.2 Å². The third-order valence-corrected chi connectivity index (χ3v) is 14.4. The van der Waals surface area contributed by atoms with Crippen molar-refractivity contribution >= 4 is 41.4 Å². The van der Waals surface area contributed by atoms with Gasteiger partial charge in [0.05, 0.1) is 31.0 Å². The normalized spacial score (nSPS) is 28.7. The highest BCUT2D eigenvalue weighted by Crippen LogP contribution is 2.29. The first-order chi connectivity index (χ1) is 36.4. The Bertz CT molecular complexity index is 2550. The van der Waals surface area contributed by atoms with Crippen molar-refractivity contribution in [2.75, 3.05) is 19.7 Å². The van der Waals surface area contributed by atoms with Crippen LogP contribution in [0.2, 0.25) is 0 Å². The maximum absolute atomic E-state index is 14.4. The van der Waals surface area contributed by atoms with Crippen molar-refractivity contribution in [1.29, 1.82) is 0 Å². The van der Waals surface area contributed by atoms with Gasteiger partial charge in [0.15, 0.2) is 6.23 Å². The average Bonchev–Trinajstić information content (AvgIpc) is 3.95. The standard InChI is InChI=1S/C53H71N7O17/c1-6-28(7-2)24-77-35-18-14-30(15-19-35)29-8-10-32(11-9-29)46(69)54-36-21-38(65)49(72)58-51(74)42-43(66)25(3)22-60(42)53(76)40(27(5)62)56-50(73)41(45(68)44(67)31-12-16-33(63)17-13-31)57-48(71)37-20-34(64)23-59(37)52(75)39(26(4)61)55-47(36)70/h8-19,25-28,34,36-45,49,61-68,72H,6-7,20-24H2,1-5H3,(H,54,69)(H,55,70)(H,56,73)(H,57,71)(H,58,74)/t25-,26+,27+,34+,36-,37-,38+,39-,40-,41-,42-,43-,44-,45-,49+/m0/s1. The second-order valence-electron chi connectivity index (χ2n) is 20.1. The summed E-state index contributed by atoms with van der Waals surface area (Å²) < 4.78 is 5.94. The molecule has 3 aromatic rings. The van der Waals surface area contributed by atoms with Gasteiger partial charge in [-0.3, -0.25) is 33.6 Å². The van der Waals surface area contributed by atoms with Crippen LogP contribution >= 0.6 is 0 Å². The van der Waals surface area contributed by atoms with E-state index < -0.39 is 152 Å². The Morgan fingerprint density at radius 3 is 1.79 bits per heavy atom. The third kappa shape index (κ3) is 14.2. The number of rotatable bonds is 13. The maximum Gasteiger partial charge on any atom is 0.251 e. The highest BCUT2D eigenvalue weighted by atomic mass is 16.5. The summed E-state index contributed by atoms with van der Waals surface area (Å²) in [4.78, 5) is 101. The summed E-state index contributed by atoms with van der Waals surface area (Å²) >= 11 is 0. The lowest BCUT2D eigenvalue weighted by Gasteiger charge is -2.34. The number of phenols is 1. The third-order valence-electron chi connectivity index (χ3n) is 14.4. The lowest BCUT2D eigenvalue weighted by molar-refractivity contribution is -0.148. The second-order valence-corrected chi connectivity index (χ2v) is 20.1. The highest BCUT2D eigenvalue weighted by Gasteiger charge is 2.50. The molecule has 24 heteroatoms. The molecule has 15 atom stereocenters. The highest BCUT2D eigenvalue weighted by molar-refractivity contribution is 6.00. The van der Waals surface area contributed by atoms with Crippen LogP contribution < -0.4 is 31.3 Å². The molecule has 420 valence electrons. The number of hydrogen-bond donors (Lipinski definition) is 14. The Kier molecular flexibility index (Phi) is 20.1. The van der Waals surface area contributed by atoms with Crippen LogP contribution in [0.1, 0.15) is 82.3 Å². The molecule has 14 N–H and O–H groups in total. The minimum atomic E-state index is -2.29. The number of carbonyl (C=O) groups is 7. The van der Waals surface area contributed by atoms with Crippen molar-refractivity contribution in [1.82, 2.24) is 36.4 Å². The SMILES string of the molecule is CCC(CC)COc1ccc(-c2ccc(C(=O)N[C@H]3C[C@@H](O)[C@@H](O)NC(=O)[C@@H]4[C@@H](O)[C@@H](C)CN4C(=O)[C@H]([C@@H](C)O)NC(=O)[C@H]([C@H](O)[C@@H](O)c4ccc(O)cc4)NC(=O)[C@@H]4C[C@@H](O)CN4C(=O)[C@H]([C@@H](C)O)NC3=O)cc2)cc1. The molecular formula is C53H71N7O17. The first-order valence-corrected chi connectivity index (χ1v) is 25.6. The zero-order valence-electron chi connectivity index (χ0n) is 43.3. The topological polar surface area (TPSA) is 377 Å². The molecule has 24 nitrogen and oxygen atoms in total. The van der Waals surface area contributed by atoms with Crippen LogP contribution in [0.5, 0.6) is 11.5 Å². The Labute approximate surface area is 444 Å². The number of aliphatic hydroxyl groups is 8. The summed E-state index contributed by atoms with van der Waals surface area (Å²) in [6, 6.07) is 6.59. The average molecular weight is 1080 g/mol. The molecule has 0 bridgehead atoms. The number of hydrogen-bond acceptors (Lipinski definition) is 17. The molecule has 7 amide bonds. The van der Waals surface area contributed by atoms with Crippen molar-refractivity contribution < 1.29 is 84.3 Å². The number of aliphatic hydroxyl groups excluding tert-OH is 8. The summed E-state index contributed by atoms with van der Waals surface area (Å²) in [5.41, 5.74) is 1.44. The predicted octanol–water partition coefficient (Wildman–Crippen LogP) is -2.35. The molecule has 0 saturated carbocycles. The van der Waals surface area contributed by atoms with E-state index >= 15 is 0 Å². The fourth-order valence-corrected chi connectivity index (χ4v) is 9.56. The summed E-state index contributed by atoms with van der Waals surface area (Å²) in [5.74, 6) is -8.34. The molecule has 3 aliphatic rings. The smallest absolute Gasteiger partial charge is 0.251 e. The Hall–Kier alpha value is -6.77. The van der Waals surface area contributed by atoms with Crippen LogP contribution in [0.15, 0.2) is 72.8 Å². The predicted molar refractivity (Wildman–Crippen MR) is 272 cm³/mol. The van der Waals surface area contributed by atoms with Crippen LogP contribution in [-0.2, 0) is 28.8 Å². The van der Waals surface area contributed by atoms with Gasteiger partial charge in [-0.15, -0.1) is 0 Å². The number of benzene rings is 3. The van der Waals surface area contributed by atoms with Crippen LogP contribution in [-0.4, -0.2) is 196 Å². The summed E-state index contributed by atoms with van der Waals surface area (Å²) in [6.07, 6.45) is -14.8. The van der Waals surface area contributed by atoms with Crippen molar-refractivity contribution in [2.45, 2.75) is 146 Å². The van der Waals surface area contributed by atoms with E-state index in [0.717, 1.165) is 54.2 Å². The zero-order valence-corrected chi connectivity index (χ0v) is 43.3. The van der Waals surface area contributed by atoms with Gasteiger partial charge < -0.3 is 87.1 Å². The number of nitrogens with zero attached hydrogens (tertiary/aromatic N) is 2. The van der Waals surface area contributed by atoms with Crippen LogP contribution in [0.3, 0.4) is 0 Å². The van der Waals surface area contributed by atoms with E-state index in [2.05, 4.69) is 40.4 Å². The molecule has 0 unspecified atom stereocenters. The minimum absolute atomic E-state index is 0.0111. The van der Waals surface area contributed by atoms with Crippen LogP contribution in [0.25, 0.3) is 11.1 Å². The molecule has 3 fully saturated rings. The van der Waals surface area contributed by atoms with Crippen LogP contribution in [0, 0.1) is 11.8 Å². The van der Waals surface area contributed by atoms with Crippen molar-refractivity contribution in [2.24, 2.45) is 11.8 Å². The second kappa shape index (κ2) is 26.0. The van der Waals surface area contributed by atoms with E-state index in [9.17, 15) is 79.5 Å². The lowest BCUT2D eigenvalue weighted by atomic mass is 9.96. The van der Waals surface area contributed by atoms with E-state index in [1.54, 1.807) is 12.1 Å². The van der Waals surface area contributed by atoms with Gasteiger partial charge in [0.2, 0.25) is 35.4 Å². The van der Waals surface area contributed by atoms with E-state index in [4.69, 9.17) is 4.74 Å². The van der Waals surface area contributed by atoms with Gasteiger partial charge in [0, 0.05) is 37.4 Å². The minimum Gasteiger partial charge on any atom is -0.508 e. The van der Waals surface area contributed by atoms with Gasteiger partial charge in [-0.2, -0.15) is 0 Å². The Morgan fingerprint density at radius 1 is 0.675 bits per heavy atom. The zero-order chi connectivity index (χ0) is 56.6. The fourth-order valence-electron chi connectivity index (χ4n) is 9.56. The molecular weight excluding hydrogens is 1010 g/mol. The van der Waals surface area contributed by atoms with E-state index in [0.29, 0.717) is 23.8 Å². The summed E-state index contributed by atoms with van der Waals surface area (Å²) in [5, 5.41) is 111. The molecule has 77 heavy (non-hydrogen) atoms. The lowest BCUT2D eigenvalue weighted by Crippen LogP contribution is -2.64. The summed E-state index contributed by atoms with van der Waals surface area (Å²) in [6.45, 7) is 7.47. The van der Waals surface area contributed by atoms with Gasteiger partial charge >= 0.3 is 0 Å².